The summed E-state index contributed by atoms with van der Waals surface area (Å²) in [4.78, 5) is 96.3. The zero-order valence-electron chi connectivity index (χ0n) is 35.1. The molecule has 4 heterocycles. The number of aliphatic hydroxyl groups excluding tert-OH is 1. The first-order valence-corrected chi connectivity index (χ1v) is 20.0. The normalized spacial score (nSPS) is 49.1. The summed E-state index contributed by atoms with van der Waals surface area (Å²) in [5, 5.41) is 27.7. The van der Waals surface area contributed by atoms with Crippen molar-refractivity contribution in [2.75, 3.05) is 7.11 Å². The highest BCUT2D eigenvalue weighted by atomic mass is 17.0. The van der Waals surface area contributed by atoms with Gasteiger partial charge < -0.3 is 62.0 Å². The van der Waals surface area contributed by atoms with Crippen LogP contribution in [0.25, 0.3) is 0 Å². The largest absolute Gasteiger partial charge is 0.472 e. The summed E-state index contributed by atoms with van der Waals surface area (Å²) in [7, 11) is 1.03. The molecule has 3 aliphatic heterocycles. The van der Waals surface area contributed by atoms with Gasteiger partial charge in [0.2, 0.25) is 17.8 Å². The first-order valence-electron chi connectivity index (χ1n) is 20.0. The van der Waals surface area contributed by atoms with Gasteiger partial charge in [0, 0.05) is 56.9 Å². The van der Waals surface area contributed by atoms with Crippen LogP contribution in [0.5, 0.6) is 0 Å². The maximum atomic E-state index is 14.7. The molecule has 4 bridgehead atoms. The van der Waals surface area contributed by atoms with Gasteiger partial charge in [0.05, 0.1) is 36.4 Å². The van der Waals surface area contributed by atoms with Crippen LogP contribution in [0.1, 0.15) is 86.8 Å². The number of carbonyl (C=O) groups excluding carboxylic acids is 7. The third kappa shape index (κ3) is 4.17. The molecule has 9 rings (SSSR count). The van der Waals surface area contributed by atoms with Crippen LogP contribution >= 0.6 is 0 Å². The molecule has 0 aromatic carbocycles. The second-order valence-electron chi connectivity index (χ2n) is 18.7. The molecular formula is C41H48O20. The zero-order chi connectivity index (χ0) is 44.6. The Kier molecular flexibility index (Phi) is 8.26. The zero-order valence-corrected chi connectivity index (χ0v) is 35.1. The molecule has 61 heavy (non-hydrogen) atoms. The minimum absolute atomic E-state index is 0.232. The molecule has 0 radical (unpaired) electrons. The fraction of sp³-hybridized carbons (Fsp3) is 0.732. The fourth-order valence-corrected chi connectivity index (χ4v) is 14.4. The molecule has 1 unspecified atom stereocenters. The maximum Gasteiger partial charge on any atom is 0.348 e. The Balaban J connectivity index is 1.48. The molecule has 5 saturated carbocycles. The van der Waals surface area contributed by atoms with Crippen LogP contribution < -0.4 is 0 Å². The maximum absolute atomic E-state index is 14.7. The SMILES string of the molecule is COC(=O)[C@H](OC(C)=O)[C@H]1[C@]2(C)C[C@]3(O)[C@@](OC(=O)C(C)C)([C@H]4OC5(C)O[C@@]6([C@H](O)[C@H](OC(C)=O)[C@]78C[C@]7([C@@H](OC(C)=O)C(=O)O[C@H]8c7ccoc7)[C@@]46O5)[C@]13C)[C@H]2OC(C)=O. The third-order valence-electron chi connectivity index (χ3n) is 15.6. The van der Waals surface area contributed by atoms with E-state index < -0.39 is 153 Å². The number of cyclic esters (lactones) is 1. The van der Waals surface area contributed by atoms with Crippen molar-refractivity contribution in [1.82, 2.24) is 0 Å². The van der Waals surface area contributed by atoms with Gasteiger partial charge in [-0.15, -0.1) is 0 Å². The summed E-state index contributed by atoms with van der Waals surface area (Å²) in [6.07, 6.45) is -11.3. The van der Waals surface area contributed by atoms with E-state index in [0.29, 0.717) is 0 Å². The molecule has 8 fully saturated rings. The highest BCUT2D eigenvalue weighted by molar-refractivity contribution is 5.85. The molecule has 1 aromatic rings. The molecule has 2 N–H and O–H groups in total. The first kappa shape index (κ1) is 41.7. The van der Waals surface area contributed by atoms with Gasteiger partial charge in [-0.25, -0.2) is 9.59 Å². The van der Waals surface area contributed by atoms with Gasteiger partial charge >= 0.3 is 41.8 Å². The number of ether oxygens (including phenoxy) is 10. The van der Waals surface area contributed by atoms with E-state index >= 15 is 0 Å². The van der Waals surface area contributed by atoms with Crippen LogP contribution in [0.15, 0.2) is 23.0 Å². The molecule has 17 atom stereocenters. The summed E-state index contributed by atoms with van der Waals surface area (Å²) >= 11 is 0. The van der Waals surface area contributed by atoms with Gasteiger partial charge in [0.25, 0.3) is 5.97 Å². The summed E-state index contributed by atoms with van der Waals surface area (Å²) in [5.41, 5.74) is -18.1. The lowest BCUT2D eigenvalue weighted by Crippen LogP contribution is -2.97. The van der Waals surface area contributed by atoms with E-state index in [2.05, 4.69) is 0 Å². The summed E-state index contributed by atoms with van der Waals surface area (Å²) in [5.74, 6) is -11.8. The van der Waals surface area contributed by atoms with Crippen molar-refractivity contribution in [3.05, 3.63) is 24.2 Å². The van der Waals surface area contributed by atoms with Crippen molar-refractivity contribution in [2.24, 2.45) is 33.5 Å². The highest BCUT2D eigenvalue weighted by Gasteiger charge is 3.12. The van der Waals surface area contributed by atoms with Gasteiger partial charge in [0.1, 0.15) is 41.2 Å². The molecular weight excluding hydrogens is 812 g/mol. The molecule has 0 amide bonds. The number of esters is 7. The second kappa shape index (κ2) is 12.1. The van der Waals surface area contributed by atoms with Gasteiger partial charge in [-0.05, 0) is 18.9 Å². The van der Waals surface area contributed by atoms with Crippen molar-refractivity contribution >= 4 is 41.8 Å². The summed E-state index contributed by atoms with van der Waals surface area (Å²) < 4.78 is 68.3. The Morgan fingerprint density at radius 1 is 0.869 bits per heavy atom. The van der Waals surface area contributed by atoms with Crippen molar-refractivity contribution < 1.29 is 95.6 Å². The predicted molar refractivity (Wildman–Crippen MR) is 191 cm³/mol. The van der Waals surface area contributed by atoms with E-state index in [1.54, 1.807) is 0 Å². The van der Waals surface area contributed by atoms with Gasteiger partial charge in [-0.3, -0.25) is 24.0 Å². The molecule has 20 nitrogen and oxygen atoms in total. The van der Waals surface area contributed by atoms with Crippen LogP contribution in [0.4, 0.5) is 0 Å². The van der Waals surface area contributed by atoms with E-state index in [9.17, 15) is 43.8 Å². The lowest BCUT2D eigenvalue weighted by atomic mass is 9.33. The molecule has 332 valence electrons. The third-order valence-corrected chi connectivity index (χ3v) is 15.6. The smallest absolute Gasteiger partial charge is 0.348 e. The number of hydrogen-bond acceptors (Lipinski definition) is 20. The number of hydrogen-bond donors (Lipinski definition) is 2. The average Bonchev–Trinajstić information content (AvgIpc) is 3.51. The van der Waals surface area contributed by atoms with Crippen LogP contribution in [0.2, 0.25) is 0 Å². The van der Waals surface area contributed by atoms with E-state index in [1.807, 2.05) is 0 Å². The Morgan fingerprint density at radius 2 is 1.51 bits per heavy atom. The number of aliphatic hydroxyl groups is 2. The van der Waals surface area contributed by atoms with Gasteiger partial charge in [-0.1, -0.05) is 27.7 Å². The molecule has 1 spiro atoms. The summed E-state index contributed by atoms with van der Waals surface area (Å²) in [6, 6.07) is 1.48. The van der Waals surface area contributed by atoms with Crippen LogP contribution in [0.3, 0.4) is 0 Å². The van der Waals surface area contributed by atoms with Crippen LogP contribution in [0, 0.1) is 33.5 Å². The number of rotatable bonds is 9. The first-order chi connectivity index (χ1) is 28.3. The lowest BCUT2D eigenvalue weighted by Gasteiger charge is -2.77. The standard InChI is InChI=1S/C41H48O20/c1-16(2)28(47)58-39-31(56-20(6)45)33(7)14-38(39,50)34(8,23(33)22(29(48)51-10)53-17(3)42)40-24(46)26(54-18(4)43)36-15-37(36,41(40)32(39)59-35(9,60-40)61-41)27(55-19(5)44)30(49)57-25(36)21-11-12-52-13-21/h11-13,16,22-27,31-32,46,50H,14-15H2,1-10H3/t22-,23+,24-,25+,26+,27+,31+,32-,33+,34-,35?,36-,37-,38-,39+,40+,41+/m1/s1. The quantitative estimate of drug-likeness (QED) is 0.257. The van der Waals surface area contributed by atoms with E-state index in [1.165, 1.54) is 53.2 Å². The van der Waals surface area contributed by atoms with Crippen molar-refractivity contribution in [3.63, 3.8) is 0 Å². The van der Waals surface area contributed by atoms with Crippen molar-refractivity contribution in [2.45, 2.75) is 146 Å². The Morgan fingerprint density at radius 3 is 2.07 bits per heavy atom. The second-order valence-corrected chi connectivity index (χ2v) is 18.7. The van der Waals surface area contributed by atoms with E-state index in [-0.39, 0.29) is 12.0 Å². The van der Waals surface area contributed by atoms with Gasteiger partial charge in [0.15, 0.2) is 6.10 Å². The summed E-state index contributed by atoms with van der Waals surface area (Å²) in [6.45, 7) is 11.5. The predicted octanol–water partition coefficient (Wildman–Crippen LogP) is 0.854. The number of carbonyl (C=O) groups is 7. The van der Waals surface area contributed by atoms with Gasteiger partial charge in [-0.2, -0.15) is 0 Å². The molecule has 20 heteroatoms. The Labute approximate surface area is 348 Å². The Bertz CT molecular complexity index is 2190. The topological polar surface area (TPSA) is 265 Å². The molecule has 1 aromatic heterocycles. The van der Waals surface area contributed by atoms with Crippen LogP contribution in [-0.2, 0) is 80.9 Å². The minimum Gasteiger partial charge on any atom is -0.472 e. The number of methoxy groups -OCH3 is 1. The van der Waals surface area contributed by atoms with E-state index in [4.69, 9.17) is 51.8 Å². The highest BCUT2D eigenvalue weighted by Crippen LogP contribution is 2.96. The monoisotopic (exact) mass is 860 g/mol. The molecule has 5 aliphatic carbocycles. The fourth-order valence-electron chi connectivity index (χ4n) is 14.4. The molecule has 3 saturated heterocycles. The van der Waals surface area contributed by atoms with E-state index in [0.717, 1.165) is 34.8 Å². The molecule has 8 aliphatic rings. The van der Waals surface area contributed by atoms with Crippen LogP contribution in [-0.4, -0.2) is 124 Å². The Hall–Kier alpha value is -4.63. The number of furan rings is 1. The lowest BCUT2D eigenvalue weighted by molar-refractivity contribution is -0.472. The van der Waals surface area contributed by atoms with Crippen molar-refractivity contribution in [3.8, 4) is 0 Å². The number of fused-ring (bicyclic) bond motifs is 3. The minimum atomic E-state index is -2.64. The average molecular weight is 861 g/mol. The van der Waals surface area contributed by atoms with Crippen molar-refractivity contribution in [1.29, 1.82) is 0 Å².